The monoisotopic (exact) mass is 326 g/mol. The molecular formula is C14H15BrO2S. The molecule has 0 aliphatic carbocycles. The van der Waals surface area contributed by atoms with Gasteiger partial charge in [0.15, 0.2) is 0 Å². The van der Waals surface area contributed by atoms with E-state index in [2.05, 4.69) is 34.7 Å². The molecule has 1 aromatic carbocycles. The third-order valence-corrected chi connectivity index (χ3v) is 5.28. The van der Waals surface area contributed by atoms with Crippen LogP contribution in [0.2, 0.25) is 0 Å². The summed E-state index contributed by atoms with van der Waals surface area (Å²) >= 11 is 3.08. The molecule has 0 amide bonds. The van der Waals surface area contributed by atoms with Crippen LogP contribution in [0.1, 0.15) is 26.2 Å². The van der Waals surface area contributed by atoms with Crippen molar-refractivity contribution in [1.82, 2.24) is 0 Å². The van der Waals surface area contributed by atoms with Gasteiger partial charge in [0.1, 0.15) is 3.81 Å². The summed E-state index contributed by atoms with van der Waals surface area (Å²) in [6, 6.07) is 8.30. The van der Waals surface area contributed by atoms with E-state index in [0.29, 0.717) is 0 Å². The molecule has 0 bridgehead atoms. The van der Waals surface area contributed by atoms with Crippen LogP contribution in [0.25, 0.3) is 0 Å². The van der Waals surface area contributed by atoms with Crippen LogP contribution < -0.4 is 0 Å². The van der Waals surface area contributed by atoms with Gasteiger partial charge in [-0.3, -0.25) is 0 Å². The van der Waals surface area contributed by atoms with Crippen molar-refractivity contribution in [2.45, 2.75) is 31.1 Å². The highest BCUT2D eigenvalue weighted by Crippen LogP contribution is 2.22. The SMILES string of the molecule is CCCCC#C/C=C(\Br)S(=O)(=O)c1ccccc1. The van der Waals surface area contributed by atoms with Crippen molar-refractivity contribution in [2.75, 3.05) is 0 Å². The largest absolute Gasteiger partial charge is 0.218 e. The van der Waals surface area contributed by atoms with E-state index >= 15 is 0 Å². The Morgan fingerprint density at radius 2 is 2.00 bits per heavy atom. The maximum Gasteiger partial charge on any atom is 0.213 e. The first-order chi connectivity index (χ1) is 8.59. The minimum Gasteiger partial charge on any atom is -0.218 e. The first kappa shape index (κ1) is 15.0. The highest BCUT2D eigenvalue weighted by atomic mass is 79.9. The van der Waals surface area contributed by atoms with Crippen molar-refractivity contribution >= 4 is 25.8 Å². The number of allylic oxidation sites excluding steroid dienone is 1. The number of benzene rings is 1. The van der Waals surface area contributed by atoms with Gasteiger partial charge in [-0.1, -0.05) is 43.4 Å². The highest BCUT2D eigenvalue weighted by molar-refractivity contribution is 9.13. The van der Waals surface area contributed by atoms with Crippen LogP contribution >= 0.6 is 15.9 Å². The standard InChI is InChI=1S/C14H15BrO2S/c1-2-3-4-5-9-12-14(15)18(16,17)13-10-7-6-8-11-13/h6-8,10-12H,2-4H2,1H3/b14-12+. The second-order valence-corrected chi connectivity index (χ2v) is 6.99. The number of unbranched alkanes of at least 4 members (excludes halogenated alkanes) is 2. The molecule has 0 atom stereocenters. The minimum absolute atomic E-state index is 0.102. The summed E-state index contributed by atoms with van der Waals surface area (Å²) in [5.41, 5.74) is 0. The van der Waals surface area contributed by atoms with Gasteiger partial charge >= 0.3 is 0 Å². The summed E-state index contributed by atoms with van der Waals surface area (Å²) in [7, 11) is -3.46. The van der Waals surface area contributed by atoms with Gasteiger partial charge in [0.2, 0.25) is 9.84 Å². The number of hydrogen-bond acceptors (Lipinski definition) is 2. The predicted octanol–water partition coefficient (Wildman–Crippen LogP) is 3.89. The third-order valence-electron chi connectivity index (χ3n) is 2.25. The summed E-state index contributed by atoms with van der Waals surface area (Å²) in [5.74, 6) is 5.68. The average molecular weight is 327 g/mol. The van der Waals surface area contributed by atoms with Crippen molar-refractivity contribution in [3.8, 4) is 11.8 Å². The van der Waals surface area contributed by atoms with Crippen molar-refractivity contribution < 1.29 is 8.42 Å². The Kier molecular flexibility index (Phi) is 6.17. The normalized spacial score (nSPS) is 11.8. The zero-order chi connectivity index (χ0) is 13.4. The Bertz CT molecular complexity index is 563. The topological polar surface area (TPSA) is 34.1 Å². The Morgan fingerprint density at radius 3 is 2.61 bits per heavy atom. The van der Waals surface area contributed by atoms with Gasteiger partial charge in [-0.15, -0.1) is 0 Å². The fraction of sp³-hybridized carbons (Fsp3) is 0.286. The smallest absolute Gasteiger partial charge is 0.213 e. The zero-order valence-corrected chi connectivity index (χ0v) is 12.6. The van der Waals surface area contributed by atoms with Crippen LogP contribution in [0.15, 0.2) is 45.1 Å². The summed E-state index contributed by atoms with van der Waals surface area (Å²) in [5, 5.41) is 0. The molecule has 0 aliphatic heterocycles. The fourth-order valence-corrected chi connectivity index (χ4v) is 2.86. The van der Waals surface area contributed by atoms with E-state index in [1.807, 2.05) is 0 Å². The molecule has 1 aromatic rings. The van der Waals surface area contributed by atoms with Gasteiger partial charge < -0.3 is 0 Å². The van der Waals surface area contributed by atoms with Gasteiger partial charge in [0, 0.05) is 12.5 Å². The van der Waals surface area contributed by atoms with Crippen LogP contribution in [0.5, 0.6) is 0 Å². The number of rotatable bonds is 4. The Labute approximate surface area is 117 Å². The molecule has 96 valence electrons. The molecule has 4 heteroatoms. The van der Waals surface area contributed by atoms with Gasteiger partial charge in [-0.05, 0) is 34.5 Å². The van der Waals surface area contributed by atoms with Gasteiger partial charge in [0.25, 0.3) is 0 Å². The Morgan fingerprint density at radius 1 is 1.33 bits per heavy atom. The lowest BCUT2D eigenvalue weighted by Crippen LogP contribution is -1.99. The molecule has 0 saturated carbocycles. The van der Waals surface area contributed by atoms with E-state index in [1.165, 1.54) is 6.08 Å². The Balaban J connectivity index is 2.85. The van der Waals surface area contributed by atoms with E-state index in [-0.39, 0.29) is 8.71 Å². The summed E-state index contributed by atoms with van der Waals surface area (Å²) < 4.78 is 24.2. The van der Waals surface area contributed by atoms with Crippen LogP contribution in [-0.2, 0) is 9.84 Å². The average Bonchev–Trinajstić information content (AvgIpc) is 2.39. The summed E-state index contributed by atoms with van der Waals surface area (Å²) in [6.07, 6.45) is 4.31. The molecule has 18 heavy (non-hydrogen) atoms. The maximum absolute atomic E-state index is 12.1. The molecule has 0 heterocycles. The van der Waals surface area contributed by atoms with Crippen LogP contribution in [0.3, 0.4) is 0 Å². The molecule has 0 aromatic heterocycles. The molecule has 0 N–H and O–H groups in total. The lowest BCUT2D eigenvalue weighted by Gasteiger charge is -2.00. The molecule has 0 fully saturated rings. The van der Waals surface area contributed by atoms with Gasteiger partial charge in [0.05, 0.1) is 4.90 Å². The van der Waals surface area contributed by atoms with E-state index in [9.17, 15) is 8.42 Å². The van der Waals surface area contributed by atoms with E-state index in [0.717, 1.165) is 19.3 Å². The molecule has 1 rings (SSSR count). The molecule has 0 aliphatic rings. The Hall–Kier alpha value is -1.05. The first-order valence-electron chi connectivity index (χ1n) is 5.73. The van der Waals surface area contributed by atoms with Gasteiger partial charge in [-0.25, -0.2) is 8.42 Å². The molecule has 0 unspecified atom stereocenters. The fourth-order valence-electron chi connectivity index (χ4n) is 1.23. The van der Waals surface area contributed by atoms with Crippen molar-refractivity contribution in [2.24, 2.45) is 0 Å². The molecule has 2 nitrogen and oxygen atoms in total. The van der Waals surface area contributed by atoms with Crippen LogP contribution in [-0.4, -0.2) is 8.42 Å². The molecule has 0 saturated heterocycles. The lowest BCUT2D eigenvalue weighted by atomic mass is 10.2. The van der Waals surface area contributed by atoms with Crippen molar-refractivity contribution in [1.29, 1.82) is 0 Å². The molecule has 0 spiro atoms. The van der Waals surface area contributed by atoms with Crippen LogP contribution in [0, 0.1) is 11.8 Å². The lowest BCUT2D eigenvalue weighted by molar-refractivity contribution is 0.604. The zero-order valence-electron chi connectivity index (χ0n) is 10.2. The van der Waals surface area contributed by atoms with E-state index in [4.69, 9.17) is 0 Å². The van der Waals surface area contributed by atoms with Gasteiger partial charge in [-0.2, -0.15) is 0 Å². The summed E-state index contributed by atoms with van der Waals surface area (Å²) in [4.78, 5) is 0.267. The third kappa shape index (κ3) is 4.32. The summed E-state index contributed by atoms with van der Waals surface area (Å²) in [6.45, 7) is 2.09. The molecular weight excluding hydrogens is 312 g/mol. The van der Waals surface area contributed by atoms with Crippen molar-refractivity contribution in [3.63, 3.8) is 0 Å². The number of sulfone groups is 1. The quantitative estimate of drug-likeness (QED) is 0.621. The van der Waals surface area contributed by atoms with Crippen molar-refractivity contribution in [3.05, 3.63) is 40.2 Å². The minimum atomic E-state index is -3.46. The van der Waals surface area contributed by atoms with Crippen LogP contribution in [0.4, 0.5) is 0 Å². The van der Waals surface area contributed by atoms with E-state index in [1.54, 1.807) is 30.3 Å². The second-order valence-electron chi connectivity index (χ2n) is 3.69. The molecule has 0 radical (unpaired) electrons. The first-order valence-corrected chi connectivity index (χ1v) is 8.01. The maximum atomic E-state index is 12.1. The number of hydrogen-bond donors (Lipinski definition) is 0. The second kappa shape index (κ2) is 7.40. The predicted molar refractivity (Wildman–Crippen MR) is 77.9 cm³/mol. The number of halogens is 1. The highest BCUT2D eigenvalue weighted by Gasteiger charge is 2.17. The van der Waals surface area contributed by atoms with E-state index < -0.39 is 9.84 Å².